The summed E-state index contributed by atoms with van der Waals surface area (Å²) in [6.45, 7) is 1.08. The molecule has 4 nitrogen and oxygen atoms in total. The molecule has 2 rings (SSSR count). The van der Waals surface area contributed by atoms with E-state index < -0.39 is 11.7 Å². The van der Waals surface area contributed by atoms with E-state index in [4.69, 9.17) is 9.47 Å². The van der Waals surface area contributed by atoms with Gasteiger partial charge in [0.2, 0.25) is 0 Å². The molecule has 16 heavy (non-hydrogen) atoms. The molecule has 0 aromatic carbocycles. The van der Waals surface area contributed by atoms with Crippen LogP contribution in [0.3, 0.4) is 0 Å². The molecule has 4 heteroatoms. The molecule has 2 fully saturated rings. The van der Waals surface area contributed by atoms with Crippen molar-refractivity contribution in [1.29, 1.82) is 0 Å². The number of ether oxygens (including phenoxy) is 2. The maximum absolute atomic E-state index is 9.68. The van der Waals surface area contributed by atoms with Gasteiger partial charge >= 0.3 is 0 Å². The van der Waals surface area contributed by atoms with Crippen molar-refractivity contribution >= 4 is 0 Å². The van der Waals surface area contributed by atoms with Gasteiger partial charge < -0.3 is 19.7 Å². The summed E-state index contributed by atoms with van der Waals surface area (Å²) in [4.78, 5) is 0. The first-order valence-corrected chi connectivity index (χ1v) is 6.32. The molecule has 0 amide bonds. The van der Waals surface area contributed by atoms with E-state index in [2.05, 4.69) is 0 Å². The second-order valence-corrected chi connectivity index (χ2v) is 5.05. The van der Waals surface area contributed by atoms with Crippen LogP contribution in [0.15, 0.2) is 0 Å². The minimum Gasteiger partial charge on any atom is -0.391 e. The van der Waals surface area contributed by atoms with Crippen molar-refractivity contribution in [3.8, 4) is 0 Å². The largest absolute Gasteiger partial charge is 0.391 e. The summed E-state index contributed by atoms with van der Waals surface area (Å²) < 4.78 is 10.9. The predicted molar refractivity (Wildman–Crippen MR) is 59.0 cm³/mol. The molecule has 0 radical (unpaired) electrons. The number of rotatable bonds is 6. The zero-order valence-corrected chi connectivity index (χ0v) is 9.73. The monoisotopic (exact) mass is 230 g/mol. The van der Waals surface area contributed by atoms with Gasteiger partial charge in [-0.15, -0.1) is 0 Å². The first kappa shape index (κ1) is 12.3. The topological polar surface area (TPSA) is 58.9 Å². The van der Waals surface area contributed by atoms with E-state index >= 15 is 0 Å². The Balaban J connectivity index is 1.54. The van der Waals surface area contributed by atoms with Crippen LogP contribution in [0.2, 0.25) is 0 Å². The first-order chi connectivity index (χ1) is 7.68. The van der Waals surface area contributed by atoms with Crippen molar-refractivity contribution in [2.45, 2.75) is 62.9 Å². The lowest BCUT2D eigenvalue weighted by Gasteiger charge is -2.24. The van der Waals surface area contributed by atoms with E-state index in [0.29, 0.717) is 19.4 Å². The van der Waals surface area contributed by atoms with Gasteiger partial charge in [0.1, 0.15) is 0 Å². The lowest BCUT2D eigenvalue weighted by molar-refractivity contribution is -0.175. The third-order valence-corrected chi connectivity index (χ3v) is 3.38. The summed E-state index contributed by atoms with van der Waals surface area (Å²) in [5.74, 6) is 0. The van der Waals surface area contributed by atoms with Gasteiger partial charge in [-0.25, -0.2) is 0 Å². The quantitative estimate of drug-likeness (QED) is 0.719. The molecule has 0 aromatic rings. The number of hydrogen-bond donors (Lipinski definition) is 2. The van der Waals surface area contributed by atoms with Gasteiger partial charge in [-0.1, -0.05) is 0 Å². The molecule has 1 saturated heterocycles. The van der Waals surface area contributed by atoms with Crippen LogP contribution in [0, 0.1) is 0 Å². The van der Waals surface area contributed by atoms with Crippen molar-refractivity contribution in [3.63, 3.8) is 0 Å². The van der Waals surface area contributed by atoms with Crippen LogP contribution in [0.25, 0.3) is 0 Å². The normalized spacial score (nSPS) is 30.0. The van der Waals surface area contributed by atoms with E-state index in [1.54, 1.807) is 0 Å². The highest BCUT2D eigenvalue weighted by Crippen LogP contribution is 2.39. The Labute approximate surface area is 96.6 Å². The fourth-order valence-corrected chi connectivity index (χ4v) is 1.97. The molecule has 0 aromatic heterocycles. The van der Waals surface area contributed by atoms with Crippen molar-refractivity contribution in [3.05, 3.63) is 0 Å². The van der Waals surface area contributed by atoms with Gasteiger partial charge in [0.15, 0.2) is 6.29 Å². The van der Waals surface area contributed by atoms with Gasteiger partial charge in [-0.05, 0) is 44.9 Å². The third kappa shape index (κ3) is 4.01. The van der Waals surface area contributed by atoms with Gasteiger partial charge in [0, 0.05) is 6.61 Å². The van der Waals surface area contributed by atoms with Crippen molar-refractivity contribution in [1.82, 2.24) is 0 Å². The van der Waals surface area contributed by atoms with Gasteiger partial charge in [0.25, 0.3) is 0 Å². The Morgan fingerprint density at radius 1 is 1.38 bits per heavy atom. The Bertz CT molecular complexity index is 209. The van der Waals surface area contributed by atoms with Crippen LogP contribution in [0.1, 0.15) is 44.9 Å². The molecule has 1 heterocycles. The molecule has 94 valence electrons. The van der Waals surface area contributed by atoms with Gasteiger partial charge in [-0.2, -0.15) is 0 Å². The Kier molecular flexibility index (Phi) is 4.19. The van der Waals surface area contributed by atoms with Crippen LogP contribution in [-0.4, -0.2) is 41.4 Å². The molecule has 0 bridgehead atoms. The molecular weight excluding hydrogens is 208 g/mol. The molecule has 0 spiro atoms. The Hall–Kier alpha value is -0.160. The number of aliphatic hydroxyl groups is 2. The Morgan fingerprint density at radius 2 is 2.19 bits per heavy atom. The second kappa shape index (κ2) is 5.45. The van der Waals surface area contributed by atoms with Crippen molar-refractivity contribution in [2.24, 2.45) is 0 Å². The van der Waals surface area contributed by atoms with Crippen molar-refractivity contribution in [2.75, 3.05) is 13.2 Å². The fraction of sp³-hybridized carbons (Fsp3) is 1.00. The van der Waals surface area contributed by atoms with Crippen LogP contribution >= 0.6 is 0 Å². The second-order valence-electron chi connectivity index (χ2n) is 5.05. The van der Waals surface area contributed by atoms with Crippen LogP contribution in [0.5, 0.6) is 0 Å². The number of hydrogen-bond acceptors (Lipinski definition) is 4. The van der Waals surface area contributed by atoms with E-state index in [9.17, 15) is 10.2 Å². The van der Waals surface area contributed by atoms with Crippen LogP contribution < -0.4 is 0 Å². The SMILES string of the molecule is OC(CCC1(O)CC1)COC1CCCCO1. The summed E-state index contributed by atoms with van der Waals surface area (Å²) in [5, 5.41) is 19.3. The average Bonchev–Trinajstić information content (AvgIpc) is 3.04. The summed E-state index contributed by atoms with van der Waals surface area (Å²) in [6, 6.07) is 0. The Morgan fingerprint density at radius 3 is 2.81 bits per heavy atom. The molecule has 2 N–H and O–H groups in total. The minimum absolute atomic E-state index is 0.132. The minimum atomic E-state index is -0.477. The van der Waals surface area contributed by atoms with E-state index in [-0.39, 0.29) is 6.29 Å². The molecule has 1 saturated carbocycles. The number of aliphatic hydroxyl groups excluding tert-OH is 1. The van der Waals surface area contributed by atoms with Crippen molar-refractivity contribution < 1.29 is 19.7 Å². The van der Waals surface area contributed by atoms with Crippen LogP contribution in [0.4, 0.5) is 0 Å². The zero-order chi connectivity index (χ0) is 11.4. The lowest BCUT2D eigenvalue weighted by atomic mass is 10.1. The maximum atomic E-state index is 9.68. The zero-order valence-electron chi connectivity index (χ0n) is 9.73. The first-order valence-electron chi connectivity index (χ1n) is 6.32. The molecular formula is C12H22O4. The molecule has 2 aliphatic rings. The fourth-order valence-electron chi connectivity index (χ4n) is 1.97. The molecule has 1 aliphatic carbocycles. The summed E-state index contributed by atoms with van der Waals surface area (Å²) in [6.07, 6.45) is 5.62. The standard InChI is InChI=1S/C12H22O4/c13-10(4-5-12(14)6-7-12)9-16-11-3-1-2-8-15-11/h10-11,13-14H,1-9H2. The smallest absolute Gasteiger partial charge is 0.157 e. The average molecular weight is 230 g/mol. The third-order valence-electron chi connectivity index (χ3n) is 3.38. The molecule has 2 atom stereocenters. The van der Waals surface area contributed by atoms with E-state index in [1.165, 1.54) is 0 Å². The van der Waals surface area contributed by atoms with Gasteiger partial charge in [-0.3, -0.25) is 0 Å². The van der Waals surface area contributed by atoms with Crippen LogP contribution in [-0.2, 0) is 9.47 Å². The maximum Gasteiger partial charge on any atom is 0.157 e. The molecule has 2 unspecified atom stereocenters. The highest BCUT2D eigenvalue weighted by molar-refractivity contribution is 4.93. The lowest BCUT2D eigenvalue weighted by Crippen LogP contribution is -2.27. The predicted octanol–water partition coefficient (Wildman–Crippen LogP) is 1.20. The summed E-state index contributed by atoms with van der Waals surface area (Å²) in [7, 11) is 0. The highest BCUT2D eigenvalue weighted by Gasteiger charge is 2.39. The van der Waals surface area contributed by atoms with Gasteiger partial charge in [0.05, 0.1) is 18.3 Å². The van der Waals surface area contributed by atoms with E-state index in [1.807, 2.05) is 0 Å². The highest BCUT2D eigenvalue weighted by atomic mass is 16.7. The summed E-state index contributed by atoms with van der Waals surface area (Å²) >= 11 is 0. The molecule has 1 aliphatic heterocycles. The summed E-state index contributed by atoms with van der Waals surface area (Å²) in [5.41, 5.74) is -0.470. The van der Waals surface area contributed by atoms with E-state index in [0.717, 1.165) is 38.7 Å².